The molecule has 0 bridgehead atoms. The number of amidine groups is 1. The molecule has 2 rings (SSSR count). The number of aliphatic imine (C=N–C) groups is 1. The number of rotatable bonds is 4. The monoisotopic (exact) mass is 324 g/mol. The van der Waals surface area contributed by atoms with Crippen molar-refractivity contribution in [3.8, 4) is 11.5 Å². The van der Waals surface area contributed by atoms with E-state index in [1.165, 1.54) is 38.5 Å². The molecular weight excluding hydrogens is 309 g/mol. The van der Waals surface area contributed by atoms with Gasteiger partial charge in [0, 0.05) is 17.8 Å². The topological polar surface area (TPSA) is 42.8 Å². The van der Waals surface area contributed by atoms with Crippen molar-refractivity contribution in [1.29, 1.82) is 0 Å². The average Bonchev–Trinajstić information content (AvgIpc) is 2.54. The molecule has 1 N–H and O–H groups in total. The second kappa shape index (κ2) is 7.04. The summed E-state index contributed by atoms with van der Waals surface area (Å²) in [7, 11) is 2.87. The van der Waals surface area contributed by atoms with E-state index in [-0.39, 0.29) is 11.4 Å². The van der Waals surface area contributed by atoms with Crippen LogP contribution in [-0.2, 0) is 0 Å². The van der Waals surface area contributed by atoms with Crippen LogP contribution in [-0.4, -0.2) is 26.2 Å². The molecule has 0 amide bonds. The van der Waals surface area contributed by atoms with Crippen LogP contribution in [0.3, 0.4) is 0 Å². The summed E-state index contributed by atoms with van der Waals surface area (Å²) in [6, 6.07) is 12.2. The SMILES string of the molecule is COc1cccc(N=C(Nc2cccc(OC)c2)C(F)(F)F)c1. The molecule has 23 heavy (non-hydrogen) atoms. The van der Waals surface area contributed by atoms with Crippen LogP contribution in [0.1, 0.15) is 0 Å². The van der Waals surface area contributed by atoms with Crippen molar-refractivity contribution in [2.24, 2.45) is 4.99 Å². The summed E-state index contributed by atoms with van der Waals surface area (Å²) >= 11 is 0. The minimum Gasteiger partial charge on any atom is -0.497 e. The van der Waals surface area contributed by atoms with E-state index in [0.717, 1.165) is 0 Å². The van der Waals surface area contributed by atoms with Gasteiger partial charge in [-0.15, -0.1) is 0 Å². The van der Waals surface area contributed by atoms with Crippen LogP contribution in [0.25, 0.3) is 0 Å². The third kappa shape index (κ3) is 4.64. The highest BCUT2D eigenvalue weighted by Crippen LogP contribution is 2.26. The van der Waals surface area contributed by atoms with E-state index in [9.17, 15) is 13.2 Å². The summed E-state index contributed by atoms with van der Waals surface area (Å²) in [6.45, 7) is 0. The number of hydrogen-bond acceptors (Lipinski definition) is 3. The number of alkyl halides is 3. The molecule has 0 radical (unpaired) electrons. The Bertz CT molecular complexity index is 700. The van der Waals surface area contributed by atoms with Gasteiger partial charge < -0.3 is 14.8 Å². The Morgan fingerprint density at radius 1 is 0.957 bits per heavy atom. The van der Waals surface area contributed by atoms with Crippen molar-refractivity contribution in [2.45, 2.75) is 6.18 Å². The number of ether oxygens (including phenoxy) is 2. The summed E-state index contributed by atoms with van der Waals surface area (Å²) in [5.74, 6) is -0.258. The largest absolute Gasteiger partial charge is 0.497 e. The van der Waals surface area contributed by atoms with Crippen molar-refractivity contribution >= 4 is 17.2 Å². The summed E-state index contributed by atoms with van der Waals surface area (Å²) < 4.78 is 49.6. The van der Waals surface area contributed by atoms with Crippen LogP contribution in [0.4, 0.5) is 24.5 Å². The van der Waals surface area contributed by atoms with E-state index in [0.29, 0.717) is 11.5 Å². The van der Waals surface area contributed by atoms with Crippen LogP contribution in [0.2, 0.25) is 0 Å². The fourth-order valence-electron chi connectivity index (χ4n) is 1.81. The Hall–Kier alpha value is -2.70. The molecule has 7 heteroatoms. The van der Waals surface area contributed by atoms with Gasteiger partial charge in [-0.3, -0.25) is 0 Å². The average molecular weight is 324 g/mol. The van der Waals surface area contributed by atoms with Crippen LogP contribution >= 0.6 is 0 Å². The predicted octanol–water partition coefficient (Wildman–Crippen LogP) is 4.41. The molecule has 0 aromatic heterocycles. The first-order valence-corrected chi connectivity index (χ1v) is 6.63. The van der Waals surface area contributed by atoms with Gasteiger partial charge >= 0.3 is 6.18 Å². The number of nitrogens with zero attached hydrogens (tertiary/aromatic N) is 1. The lowest BCUT2D eigenvalue weighted by molar-refractivity contribution is -0.0586. The molecule has 0 aliphatic heterocycles. The van der Waals surface area contributed by atoms with Crippen molar-refractivity contribution in [3.05, 3.63) is 48.5 Å². The Labute approximate surface area is 131 Å². The van der Waals surface area contributed by atoms with E-state index in [1.54, 1.807) is 24.3 Å². The van der Waals surface area contributed by atoms with E-state index in [2.05, 4.69) is 10.3 Å². The quantitative estimate of drug-likeness (QED) is 0.669. The normalized spacial score (nSPS) is 12.0. The number of benzene rings is 2. The van der Waals surface area contributed by atoms with Crippen molar-refractivity contribution in [1.82, 2.24) is 0 Å². The summed E-state index contributed by atoms with van der Waals surface area (Å²) in [5, 5.41) is 2.28. The smallest absolute Gasteiger partial charge is 0.449 e. The third-order valence-corrected chi connectivity index (χ3v) is 2.90. The maximum Gasteiger partial charge on any atom is 0.449 e. The molecular formula is C16H15F3N2O2. The first-order valence-electron chi connectivity index (χ1n) is 6.63. The maximum absolute atomic E-state index is 13.2. The van der Waals surface area contributed by atoms with Crippen LogP contribution in [0.5, 0.6) is 11.5 Å². The molecule has 0 saturated carbocycles. The number of methoxy groups -OCH3 is 2. The van der Waals surface area contributed by atoms with Gasteiger partial charge in [0.25, 0.3) is 0 Å². The lowest BCUT2D eigenvalue weighted by Gasteiger charge is -2.14. The van der Waals surface area contributed by atoms with E-state index >= 15 is 0 Å². The molecule has 4 nitrogen and oxygen atoms in total. The van der Waals surface area contributed by atoms with Gasteiger partial charge in [-0.25, -0.2) is 4.99 Å². The molecule has 0 fully saturated rings. The number of halogens is 3. The molecule has 0 aliphatic rings. The number of hydrogen-bond donors (Lipinski definition) is 1. The second-order valence-corrected chi connectivity index (χ2v) is 4.52. The standard InChI is InChI=1S/C16H15F3N2O2/c1-22-13-7-3-5-11(9-13)20-15(16(17,18)19)21-12-6-4-8-14(10-12)23-2/h3-10H,1-2H3,(H,20,21). The Morgan fingerprint density at radius 2 is 1.57 bits per heavy atom. The first-order chi connectivity index (χ1) is 10.9. The zero-order valence-electron chi connectivity index (χ0n) is 12.5. The van der Waals surface area contributed by atoms with Gasteiger partial charge in [0.05, 0.1) is 19.9 Å². The second-order valence-electron chi connectivity index (χ2n) is 4.52. The molecule has 0 unspecified atom stereocenters. The third-order valence-electron chi connectivity index (χ3n) is 2.90. The van der Waals surface area contributed by atoms with Gasteiger partial charge in [-0.1, -0.05) is 12.1 Å². The minimum atomic E-state index is -4.63. The molecule has 0 atom stereocenters. The molecule has 122 valence electrons. The maximum atomic E-state index is 13.2. The molecule has 2 aromatic rings. The fourth-order valence-corrected chi connectivity index (χ4v) is 1.81. The molecule has 0 aliphatic carbocycles. The first kappa shape index (κ1) is 16.7. The molecule has 2 aromatic carbocycles. The Balaban J connectivity index is 2.35. The molecule has 0 saturated heterocycles. The number of nitrogens with one attached hydrogen (secondary N) is 1. The van der Waals surface area contributed by atoms with Crippen LogP contribution in [0.15, 0.2) is 53.5 Å². The van der Waals surface area contributed by atoms with Gasteiger partial charge in [0.1, 0.15) is 11.5 Å². The Morgan fingerprint density at radius 3 is 2.17 bits per heavy atom. The van der Waals surface area contributed by atoms with Crippen molar-refractivity contribution < 1.29 is 22.6 Å². The van der Waals surface area contributed by atoms with Crippen molar-refractivity contribution in [2.75, 3.05) is 19.5 Å². The lowest BCUT2D eigenvalue weighted by Crippen LogP contribution is -2.30. The summed E-state index contributed by atoms with van der Waals surface area (Å²) in [5.41, 5.74) is 0.357. The van der Waals surface area contributed by atoms with Gasteiger partial charge in [-0.2, -0.15) is 13.2 Å². The van der Waals surface area contributed by atoms with Crippen LogP contribution < -0.4 is 14.8 Å². The van der Waals surface area contributed by atoms with Crippen molar-refractivity contribution in [3.63, 3.8) is 0 Å². The van der Waals surface area contributed by atoms with Gasteiger partial charge in [0.15, 0.2) is 0 Å². The minimum absolute atomic E-state index is 0.132. The summed E-state index contributed by atoms with van der Waals surface area (Å²) in [6.07, 6.45) is -4.63. The Kier molecular flexibility index (Phi) is 5.10. The zero-order chi connectivity index (χ0) is 16.9. The highest BCUT2D eigenvalue weighted by molar-refractivity contribution is 6.01. The predicted molar refractivity (Wildman–Crippen MR) is 82.8 cm³/mol. The fraction of sp³-hybridized carbons (Fsp3) is 0.188. The highest BCUT2D eigenvalue weighted by Gasteiger charge is 2.36. The summed E-state index contributed by atoms with van der Waals surface area (Å²) in [4.78, 5) is 3.65. The molecule has 0 spiro atoms. The lowest BCUT2D eigenvalue weighted by atomic mass is 10.3. The van der Waals surface area contributed by atoms with E-state index < -0.39 is 12.0 Å². The molecule has 0 heterocycles. The van der Waals surface area contributed by atoms with E-state index in [4.69, 9.17) is 9.47 Å². The van der Waals surface area contributed by atoms with Crippen LogP contribution in [0, 0.1) is 0 Å². The highest BCUT2D eigenvalue weighted by atomic mass is 19.4. The van der Waals surface area contributed by atoms with Gasteiger partial charge in [-0.05, 0) is 24.3 Å². The van der Waals surface area contributed by atoms with E-state index in [1.807, 2.05) is 0 Å². The number of anilines is 1. The van der Waals surface area contributed by atoms with Gasteiger partial charge in [0.2, 0.25) is 5.84 Å². The zero-order valence-corrected chi connectivity index (χ0v) is 12.5.